The molecular weight excluding hydrogens is 266 g/mol. The molecule has 1 unspecified atom stereocenters. The summed E-state index contributed by atoms with van der Waals surface area (Å²) < 4.78 is 26.8. The standard InChI is InChI=1S/C12H19N3O3S/c1-6-5-7(2)11(8(3)10(6)13)19(17,18)15-9(4)12(14)16/h5,9,15H,13H2,1-4H3,(H2,14,16). The number of hydrogen-bond donors (Lipinski definition) is 3. The fourth-order valence-corrected chi connectivity index (χ4v) is 3.64. The number of primary amides is 1. The fraction of sp³-hybridized carbons (Fsp3) is 0.417. The molecule has 1 aromatic rings. The number of nitrogens with two attached hydrogens (primary N) is 2. The van der Waals surface area contributed by atoms with E-state index in [1.807, 2.05) is 6.92 Å². The van der Waals surface area contributed by atoms with Crippen LogP contribution in [0.1, 0.15) is 23.6 Å². The number of aryl methyl sites for hydroxylation is 2. The van der Waals surface area contributed by atoms with Gasteiger partial charge in [0.05, 0.1) is 10.9 Å². The first kappa shape index (κ1) is 15.5. The van der Waals surface area contributed by atoms with Gasteiger partial charge in [0.15, 0.2) is 0 Å². The molecule has 0 bridgehead atoms. The summed E-state index contributed by atoms with van der Waals surface area (Å²) in [6.45, 7) is 6.52. The Labute approximate surface area is 113 Å². The Kier molecular flexibility index (Phi) is 4.21. The Morgan fingerprint density at radius 2 is 1.79 bits per heavy atom. The quantitative estimate of drug-likeness (QED) is 0.692. The first-order chi connectivity index (χ1) is 8.58. The number of carbonyl (C=O) groups is 1. The Morgan fingerprint density at radius 1 is 1.26 bits per heavy atom. The van der Waals surface area contributed by atoms with Crippen LogP contribution in [-0.2, 0) is 14.8 Å². The van der Waals surface area contributed by atoms with Crippen LogP contribution in [0.25, 0.3) is 0 Å². The lowest BCUT2D eigenvalue weighted by molar-refractivity contribution is -0.119. The van der Waals surface area contributed by atoms with Crippen molar-refractivity contribution in [1.82, 2.24) is 4.72 Å². The smallest absolute Gasteiger partial charge is 0.241 e. The number of rotatable bonds is 4. The highest BCUT2D eigenvalue weighted by Gasteiger charge is 2.25. The van der Waals surface area contributed by atoms with E-state index in [2.05, 4.69) is 4.72 Å². The molecule has 0 saturated carbocycles. The zero-order valence-electron chi connectivity index (χ0n) is 11.4. The van der Waals surface area contributed by atoms with Crippen molar-refractivity contribution in [1.29, 1.82) is 0 Å². The molecule has 1 atom stereocenters. The third-order valence-corrected chi connectivity index (χ3v) is 4.82. The van der Waals surface area contributed by atoms with Gasteiger partial charge in [-0.05, 0) is 44.4 Å². The van der Waals surface area contributed by atoms with Crippen LogP contribution in [0, 0.1) is 20.8 Å². The summed E-state index contributed by atoms with van der Waals surface area (Å²) in [4.78, 5) is 11.1. The molecular formula is C12H19N3O3S. The maximum atomic E-state index is 12.3. The number of anilines is 1. The summed E-state index contributed by atoms with van der Waals surface area (Å²) in [6, 6.07) is 0.720. The van der Waals surface area contributed by atoms with Crippen molar-refractivity contribution in [3.05, 3.63) is 22.8 Å². The molecule has 0 aliphatic carbocycles. The van der Waals surface area contributed by atoms with Gasteiger partial charge in [0, 0.05) is 5.69 Å². The second-order valence-corrected chi connectivity index (χ2v) is 6.27. The van der Waals surface area contributed by atoms with Gasteiger partial charge < -0.3 is 11.5 Å². The third kappa shape index (κ3) is 3.05. The van der Waals surface area contributed by atoms with Gasteiger partial charge >= 0.3 is 0 Å². The maximum absolute atomic E-state index is 12.3. The van der Waals surface area contributed by atoms with Crippen molar-refractivity contribution >= 4 is 21.6 Å². The van der Waals surface area contributed by atoms with Gasteiger partial charge in [0.2, 0.25) is 15.9 Å². The molecule has 0 spiro atoms. The second-order valence-electron chi connectivity index (χ2n) is 4.62. The minimum atomic E-state index is -3.84. The average Bonchev–Trinajstić information content (AvgIpc) is 2.24. The van der Waals surface area contributed by atoms with Crippen LogP contribution in [0.3, 0.4) is 0 Å². The van der Waals surface area contributed by atoms with Crippen molar-refractivity contribution in [2.45, 2.75) is 38.6 Å². The molecule has 0 fully saturated rings. The largest absolute Gasteiger partial charge is 0.398 e. The lowest BCUT2D eigenvalue weighted by Gasteiger charge is -2.17. The normalized spacial score (nSPS) is 13.3. The third-order valence-electron chi connectivity index (χ3n) is 2.99. The monoisotopic (exact) mass is 285 g/mol. The molecule has 0 aliphatic heterocycles. The molecule has 0 aliphatic rings. The molecule has 1 amide bonds. The predicted molar refractivity (Wildman–Crippen MR) is 74.0 cm³/mol. The van der Waals surface area contributed by atoms with E-state index in [-0.39, 0.29) is 4.90 Å². The van der Waals surface area contributed by atoms with E-state index in [0.29, 0.717) is 16.8 Å². The van der Waals surface area contributed by atoms with E-state index >= 15 is 0 Å². The molecule has 0 aromatic heterocycles. The van der Waals surface area contributed by atoms with Gasteiger partial charge in [-0.2, -0.15) is 4.72 Å². The highest BCUT2D eigenvalue weighted by molar-refractivity contribution is 7.89. The van der Waals surface area contributed by atoms with E-state index in [1.165, 1.54) is 6.92 Å². The molecule has 106 valence electrons. The molecule has 1 aromatic carbocycles. The Hall–Kier alpha value is -1.60. The van der Waals surface area contributed by atoms with Gasteiger partial charge in [-0.25, -0.2) is 8.42 Å². The summed E-state index contributed by atoms with van der Waals surface area (Å²) in [6.07, 6.45) is 0. The zero-order chi connectivity index (χ0) is 15.0. The summed E-state index contributed by atoms with van der Waals surface area (Å²) >= 11 is 0. The Bertz CT molecular complexity index is 624. The highest BCUT2D eigenvalue weighted by Crippen LogP contribution is 2.27. The van der Waals surface area contributed by atoms with E-state index in [1.54, 1.807) is 19.9 Å². The number of sulfonamides is 1. The van der Waals surface area contributed by atoms with Gasteiger partial charge in [-0.1, -0.05) is 6.07 Å². The first-order valence-electron chi connectivity index (χ1n) is 5.76. The number of nitrogens with one attached hydrogen (secondary N) is 1. The molecule has 19 heavy (non-hydrogen) atoms. The molecule has 1 rings (SSSR count). The first-order valence-corrected chi connectivity index (χ1v) is 7.24. The minimum absolute atomic E-state index is 0.101. The van der Waals surface area contributed by atoms with Crippen molar-refractivity contribution in [3.63, 3.8) is 0 Å². The van der Waals surface area contributed by atoms with E-state index in [0.717, 1.165) is 5.56 Å². The van der Waals surface area contributed by atoms with Crippen molar-refractivity contribution in [2.24, 2.45) is 5.73 Å². The second kappa shape index (κ2) is 5.18. The number of nitrogen functional groups attached to an aromatic ring is 1. The van der Waals surface area contributed by atoms with Gasteiger partial charge in [-0.3, -0.25) is 4.79 Å². The van der Waals surface area contributed by atoms with Crippen molar-refractivity contribution in [2.75, 3.05) is 5.73 Å². The number of benzene rings is 1. The topological polar surface area (TPSA) is 115 Å². The van der Waals surface area contributed by atoms with Gasteiger partial charge in [0.25, 0.3) is 0 Å². The highest BCUT2D eigenvalue weighted by atomic mass is 32.2. The van der Waals surface area contributed by atoms with E-state index in [9.17, 15) is 13.2 Å². The summed E-state index contributed by atoms with van der Waals surface area (Å²) in [5, 5.41) is 0. The molecule has 6 nitrogen and oxygen atoms in total. The van der Waals surface area contributed by atoms with E-state index in [4.69, 9.17) is 11.5 Å². The SMILES string of the molecule is Cc1cc(C)c(S(=O)(=O)NC(C)C(N)=O)c(C)c1N. The zero-order valence-corrected chi connectivity index (χ0v) is 12.3. The van der Waals surface area contributed by atoms with Crippen LogP contribution in [-0.4, -0.2) is 20.4 Å². The number of amides is 1. The average molecular weight is 285 g/mol. The van der Waals surface area contributed by atoms with Gasteiger partial charge in [0.1, 0.15) is 0 Å². The van der Waals surface area contributed by atoms with Crippen LogP contribution in [0.5, 0.6) is 0 Å². The van der Waals surface area contributed by atoms with Crippen LogP contribution in [0.4, 0.5) is 5.69 Å². The molecule has 0 radical (unpaired) electrons. The van der Waals surface area contributed by atoms with Crippen molar-refractivity contribution < 1.29 is 13.2 Å². The molecule has 7 heteroatoms. The minimum Gasteiger partial charge on any atom is -0.398 e. The Morgan fingerprint density at radius 3 is 2.26 bits per heavy atom. The van der Waals surface area contributed by atoms with Gasteiger partial charge in [-0.15, -0.1) is 0 Å². The molecule has 0 heterocycles. The van der Waals surface area contributed by atoms with Crippen LogP contribution in [0.15, 0.2) is 11.0 Å². The lowest BCUT2D eigenvalue weighted by atomic mass is 10.1. The number of hydrogen-bond acceptors (Lipinski definition) is 4. The fourth-order valence-electron chi connectivity index (χ4n) is 1.95. The lowest BCUT2D eigenvalue weighted by Crippen LogP contribution is -2.42. The van der Waals surface area contributed by atoms with Crippen LogP contribution >= 0.6 is 0 Å². The van der Waals surface area contributed by atoms with Crippen molar-refractivity contribution in [3.8, 4) is 0 Å². The molecule has 5 N–H and O–H groups in total. The molecule has 0 saturated heterocycles. The Balaban J connectivity index is 3.38. The van der Waals surface area contributed by atoms with Crippen LogP contribution in [0.2, 0.25) is 0 Å². The maximum Gasteiger partial charge on any atom is 0.241 e. The summed E-state index contributed by atoms with van der Waals surface area (Å²) in [5.41, 5.74) is 13.2. The summed E-state index contributed by atoms with van der Waals surface area (Å²) in [5.74, 6) is -0.737. The number of carbonyl (C=O) groups excluding carboxylic acids is 1. The van der Waals surface area contributed by atoms with E-state index < -0.39 is 22.0 Å². The summed E-state index contributed by atoms with van der Waals surface area (Å²) in [7, 11) is -3.84. The van der Waals surface area contributed by atoms with Crippen LogP contribution < -0.4 is 16.2 Å². The predicted octanol–water partition coefficient (Wildman–Crippen LogP) is 0.346.